The van der Waals surface area contributed by atoms with Crippen LogP contribution in [0.3, 0.4) is 0 Å². The monoisotopic (exact) mass is 380 g/mol. The molecular weight excluding hydrogens is 363 g/mol. The Morgan fingerprint density at radius 3 is 2.40 bits per heavy atom. The van der Waals surface area contributed by atoms with Crippen LogP contribution in [0.4, 0.5) is 5.69 Å². The second-order valence-electron chi connectivity index (χ2n) is 5.15. The predicted octanol–water partition coefficient (Wildman–Crippen LogP) is 3.69. The standard InChI is InChI=1S/C18H18Cl2N2O3/c1-2-25-15-7-5-14(6-8-15)22-18(24)17(23)21-10-9-12-3-4-13(19)11-16(12)20/h3-8,11H,2,9-10H2,1H3,(H,21,23)(H,22,24). The van der Waals surface area contributed by atoms with Crippen LogP contribution in [-0.4, -0.2) is 25.0 Å². The summed E-state index contributed by atoms with van der Waals surface area (Å²) in [5.74, 6) is -0.741. The first-order valence-corrected chi connectivity index (χ1v) is 8.51. The van der Waals surface area contributed by atoms with Gasteiger partial charge in [-0.1, -0.05) is 29.3 Å². The molecule has 0 radical (unpaired) electrons. The van der Waals surface area contributed by atoms with Gasteiger partial charge in [0.1, 0.15) is 5.75 Å². The highest BCUT2D eigenvalue weighted by Gasteiger charge is 2.13. The molecule has 2 rings (SSSR count). The molecule has 25 heavy (non-hydrogen) atoms. The van der Waals surface area contributed by atoms with Crippen molar-refractivity contribution >= 4 is 40.7 Å². The van der Waals surface area contributed by atoms with Crippen molar-refractivity contribution in [3.05, 3.63) is 58.1 Å². The molecule has 0 unspecified atom stereocenters. The van der Waals surface area contributed by atoms with Gasteiger partial charge in [0.05, 0.1) is 6.61 Å². The second kappa shape index (κ2) is 9.30. The lowest BCUT2D eigenvalue weighted by molar-refractivity contribution is -0.136. The van der Waals surface area contributed by atoms with Crippen LogP contribution in [0.5, 0.6) is 5.75 Å². The number of hydrogen-bond donors (Lipinski definition) is 2. The van der Waals surface area contributed by atoms with Gasteiger partial charge >= 0.3 is 11.8 Å². The quantitative estimate of drug-likeness (QED) is 0.750. The molecule has 0 heterocycles. The molecule has 0 aliphatic heterocycles. The summed E-state index contributed by atoms with van der Waals surface area (Å²) in [4.78, 5) is 23.7. The van der Waals surface area contributed by atoms with Gasteiger partial charge in [0.2, 0.25) is 0 Å². The maximum absolute atomic E-state index is 11.9. The van der Waals surface area contributed by atoms with Crippen molar-refractivity contribution in [2.24, 2.45) is 0 Å². The summed E-state index contributed by atoms with van der Waals surface area (Å²) in [6.07, 6.45) is 0.498. The Kier molecular flexibility index (Phi) is 7.10. The molecule has 0 fully saturated rings. The van der Waals surface area contributed by atoms with Gasteiger partial charge in [0.25, 0.3) is 0 Å². The lowest BCUT2D eigenvalue weighted by atomic mass is 10.1. The van der Waals surface area contributed by atoms with E-state index in [1.807, 2.05) is 6.92 Å². The summed E-state index contributed by atoms with van der Waals surface area (Å²) in [5.41, 5.74) is 1.36. The minimum absolute atomic E-state index is 0.289. The van der Waals surface area contributed by atoms with Gasteiger partial charge in [-0.25, -0.2) is 0 Å². The summed E-state index contributed by atoms with van der Waals surface area (Å²) >= 11 is 11.9. The molecule has 0 aromatic heterocycles. The smallest absolute Gasteiger partial charge is 0.313 e. The van der Waals surface area contributed by atoms with Crippen LogP contribution >= 0.6 is 23.2 Å². The topological polar surface area (TPSA) is 67.4 Å². The molecule has 7 heteroatoms. The van der Waals surface area contributed by atoms with Crippen molar-refractivity contribution < 1.29 is 14.3 Å². The average Bonchev–Trinajstić information content (AvgIpc) is 2.58. The number of halogens is 2. The third kappa shape index (κ3) is 5.96. The van der Waals surface area contributed by atoms with Crippen molar-refractivity contribution in [1.82, 2.24) is 5.32 Å². The van der Waals surface area contributed by atoms with Crippen molar-refractivity contribution in [3.8, 4) is 5.75 Å². The summed E-state index contributed by atoms with van der Waals surface area (Å²) in [5, 5.41) is 6.16. The van der Waals surface area contributed by atoms with E-state index >= 15 is 0 Å². The van der Waals surface area contributed by atoms with Crippen molar-refractivity contribution in [1.29, 1.82) is 0 Å². The van der Waals surface area contributed by atoms with E-state index in [0.717, 1.165) is 5.56 Å². The summed E-state index contributed by atoms with van der Waals surface area (Å²) in [6.45, 7) is 2.74. The number of benzene rings is 2. The molecule has 0 saturated heterocycles. The molecule has 0 spiro atoms. The van der Waals surface area contributed by atoms with E-state index in [0.29, 0.717) is 34.5 Å². The third-order valence-corrected chi connectivity index (χ3v) is 3.91. The Bertz CT molecular complexity index is 748. The molecular formula is C18H18Cl2N2O3. The van der Waals surface area contributed by atoms with E-state index in [1.165, 1.54) is 0 Å². The number of carbonyl (C=O) groups excluding carboxylic acids is 2. The predicted molar refractivity (Wildman–Crippen MR) is 99.4 cm³/mol. The van der Waals surface area contributed by atoms with Crippen LogP contribution < -0.4 is 15.4 Å². The molecule has 0 saturated carbocycles. The van der Waals surface area contributed by atoms with Crippen molar-refractivity contribution in [2.75, 3.05) is 18.5 Å². The van der Waals surface area contributed by atoms with E-state index in [2.05, 4.69) is 10.6 Å². The van der Waals surface area contributed by atoms with Crippen LogP contribution in [-0.2, 0) is 16.0 Å². The number of nitrogens with one attached hydrogen (secondary N) is 2. The maximum atomic E-state index is 11.9. The average molecular weight is 381 g/mol. The molecule has 0 bridgehead atoms. The number of anilines is 1. The van der Waals surface area contributed by atoms with E-state index in [-0.39, 0.29) is 6.54 Å². The first-order chi connectivity index (χ1) is 12.0. The number of amides is 2. The fourth-order valence-electron chi connectivity index (χ4n) is 2.10. The molecule has 132 valence electrons. The van der Waals surface area contributed by atoms with Crippen LogP contribution in [0.15, 0.2) is 42.5 Å². The molecule has 2 aromatic carbocycles. The van der Waals surface area contributed by atoms with Crippen molar-refractivity contribution in [3.63, 3.8) is 0 Å². The third-order valence-electron chi connectivity index (χ3n) is 3.32. The Balaban J connectivity index is 1.80. The normalized spacial score (nSPS) is 10.2. The lowest BCUT2D eigenvalue weighted by Crippen LogP contribution is -2.36. The number of ether oxygens (including phenoxy) is 1. The van der Waals surface area contributed by atoms with Gasteiger partial charge in [-0.3, -0.25) is 9.59 Å². The van der Waals surface area contributed by atoms with Gasteiger partial charge < -0.3 is 15.4 Å². The largest absolute Gasteiger partial charge is 0.494 e. The first-order valence-electron chi connectivity index (χ1n) is 7.75. The number of rotatable bonds is 6. The Labute approximate surface area is 156 Å². The minimum atomic E-state index is -0.730. The lowest BCUT2D eigenvalue weighted by Gasteiger charge is -2.08. The van der Waals surface area contributed by atoms with E-state index < -0.39 is 11.8 Å². The number of carbonyl (C=O) groups is 2. The van der Waals surface area contributed by atoms with E-state index in [1.54, 1.807) is 42.5 Å². The van der Waals surface area contributed by atoms with Gasteiger partial charge in [-0.2, -0.15) is 0 Å². The summed E-state index contributed by atoms with van der Waals surface area (Å²) in [6, 6.07) is 11.9. The molecule has 2 amide bonds. The zero-order valence-corrected chi connectivity index (χ0v) is 15.2. The van der Waals surface area contributed by atoms with Gasteiger partial charge in [0.15, 0.2) is 0 Å². The molecule has 2 N–H and O–H groups in total. The van der Waals surface area contributed by atoms with Gasteiger partial charge in [0, 0.05) is 22.3 Å². The van der Waals surface area contributed by atoms with Gasteiger partial charge in [-0.15, -0.1) is 0 Å². The minimum Gasteiger partial charge on any atom is -0.494 e. The van der Waals surface area contributed by atoms with Crippen LogP contribution in [0.25, 0.3) is 0 Å². The molecule has 0 atom stereocenters. The van der Waals surface area contributed by atoms with Crippen LogP contribution in [0.1, 0.15) is 12.5 Å². The Morgan fingerprint density at radius 2 is 1.76 bits per heavy atom. The highest BCUT2D eigenvalue weighted by Crippen LogP contribution is 2.21. The fraction of sp³-hybridized carbons (Fsp3) is 0.222. The molecule has 0 aliphatic carbocycles. The second-order valence-corrected chi connectivity index (χ2v) is 6.00. The van der Waals surface area contributed by atoms with Crippen molar-refractivity contribution in [2.45, 2.75) is 13.3 Å². The molecule has 2 aromatic rings. The van der Waals surface area contributed by atoms with E-state index in [4.69, 9.17) is 27.9 Å². The van der Waals surface area contributed by atoms with Gasteiger partial charge in [-0.05, 0) is 55.3 Å². The highest BCUT2D eigenvalue weighted by atomic mass is 35.5. The summed E-state index contributed by atoms with van der Waals surface area (Å²) < 4.78 is 5.31. The molecule has 0 aliphatic rings. The summed E-state index contributed by atoms with van der Waals surface area (Å²) in [7, 11) is 0. The Morgan fingerprint density at radius 1 is 1.04 bits per heavy atom. The van der Waals surface area contributed by atoms with Crippen LogP contribution in [0, 0.1) is 0 Å². The maximum Gasteiger partial charge on any atom is 0.313 e. The highest BCUT2D eigenvalue weighted by molar-refractivity contribution is 6.39. The SMILES string of the molecule is CCOc1ccc(NC(=O)C(=O)NCCc2ccc(Cl)cc2Cl)cc1. The first kappa shape index (κ1) is 19.1. The Hall–Kier alpha value is -2.24. The van der Waals surface area contributed by atoms with Crippen LogP contribution in [0.2, 0.25) is 10.0 Å². The number of hydrogen-bond acceptors (Lipinski definition) is 3. The zero-order valence-electron chi connectivity index (χ0n) is 13.6. The van der Waals surface area contributed by atoms with E-state index in [9.17, 15) is 9.59 Å². The molecule has 5 nitrogen and oxygen atoms in total. The fourth-order valence-corrected chi connectivity index (χ4v) is 2.61. The zero-order chi connectivity index (χ0) is 18.2.